The van der Waals surface area contributed by atoms with Gasteiger partial charge in [-0.3, -0.25) is 9.89 Å². The molecule has 0 aliphatic carbocycles. The van der Waals surface area contributed by atoms with Gasteiger partial charge in [0.15, 0.2) is 5.82 Å². The highest BCUT2D eigenvalue weighted by Crippen LogP contribution is 2.25. The van der Waals surface area contributed by atoms with E-state index in [1.165, 1.54) is 24.8 Å². The lowest BCUT2D eigenvalue weighted by atomic mass is 9.98. The Bertz CT molecular complexity index is 1150. The number of nitrogens with zero attached hydrogens (tertiary/aromatic N) is 4. The number of aromatic amines is 1. The van der Waals surface area contributed by atoms with Crippen LogP contribution < -0.4 is 4.74 Å². The van der Waals surface area contributed by atoms with Crippen molar-refractivity contribution in [2.45, 2.75) is 19.4 Å². The molecule has 1 N–H and O–H groups in total. The number of rotatable bonds is 6. The molecule has 0 bridgehead atoms. The van der Waals surface area contributed by atoms with Crippen LogP contribution in [0.4, 0.5) is 4.39 Å². The second kappa shape index (κ2) is 12.4. The van der Waals surface area contributed by atoms with Crippen LogP contribution in [-0.4, -0.2) is 71.5 Å². The Hall–Kier alpha value is -3.30. The van der Waals surface area contributed by atoms with E-state index in [-0.39, 0.29) is 29.0 Å². The fraction of sp³-hybridized carbons (Fsp3) is 0.360. The van der Waals surface area contributed by atoms with Gasteiger partial charge in [0.2, 0.25) is 5.88 Å². The van der Waals surface area contributed by atoms with Gasteiger partial charge in [0.05, 0.1) is 19.0 Å². The van der Waals surface area contributed by atoms with E-state index in [1.807, 2.05) is 32.3 Å². The van der Waals surface area contributed by atoms with Gasteiger partial charge in [-0.25, -0.2) is 9.37 Å². The number of carbonyl (C=O) groups is 2. The normalized spacial score (nSPS) is 13.8. The molecular weight excluding hydrogens is 473 g/mol. The zero-order valence-corrected chi connectivity index (χ0v) is 20.8. The number of carbonyl (C=O) groups excluding carboxylic acids is 2. The van der Waals surface area contributed by atoms with Crippen LogP contribution in [0.5, 0.6) is 5.88 Å². The number of aromatic nitrogens is 3. The van der Waals surface area contributed by atoms with Crippen LogP contribution in [-0.2, 0) is 11.3 Å². The SMILES string of the molecule is CN(C)Cc1cccc(Cl)c1.COc1cc(-c2cc(C(=O)N3CCC(C=O)CC3)[nH]n2)c(F)cn1. The molecule has 0 saturated carbocycles. The van der Waals surface area contributed by atoms with Gasteiger partial charge in [-0.15, -0.1) is 0 Å². The molecule has 1 aromatic carbocycles. The van der Waals surface area contributed by atoms with Crippen molar-refractivity contribution in [1.29, 1.82) is 0 Å². The van der Waals surface area contributed by atoms with E-state index >= 15 is 0 Å². The number of halogens is 2. The molecule has 1 fully saturated rings. The molecule has 1 aliphatic rings. The van der Waals surface area contributed by atoms with E-state index in [0.717, 1.165) is 24.1 Å². The lowest BCUT2D eigenvalue weighted by Gasteiger charge is -2.29. The van der Waals surface area contributed by atoms with Crippen molar-refractivity contribution in [3.05, 3.63) is 64.7 Å². The Morgan fingerprint density at radius 3 is 2.66 bits per heavy atom. The largest absolute Gasteiger partial charge is 0.481 e. The Balaban J connectivity index is 0.000000261. The summed E-state index contributed by atoms with van der Waals surface area (Å²) in [5.41, 5.74) is 2.04. The van der Waals surface area contributed by atoms with Gasteiger partial charge >= 0.3 is 0 Å². The van der Waals surface area contributed by atoms with Crippen molar-refractivity contribution in [1.82, 2.24) is 25.0 Å². The standard InChI is InChI=1S/C16H17FN4O3.C9H12ClN/c1-24-15-6-11(12(17)8-18-15)13-7-14(20-19-13)16(23)21-4-2-10(9-22)3-5-21;1-11(2)7-8-4-3-5-9(10)6-8/h6-10H,2-5H2,1H3,(H,19,20);3-6H,7H2,1-2H3. The highest BCUT2D eigenvalue weighted by molar-refractivity contribution is 6.30. The van der Waals surface area contributed by atoms with Gasteiger partial charge in [0, 0.05) is 42.2 Å². The Morgan fingerprint density at radius 1 is 1.29 bits per heavy atom. The maximum absolute atomic E-state index is 13.9. The topological polar surface area (TPSA) is 91.4 Å². The summed E-state index contributed by atoms with van der Waals surface area (Å²) in [7, 11) is 5.52. The highest BCUT2D eigenvalue weighted by atomic mass is 35.5. The van der Waals surface area contributed by atoms with E-state index in [2.05, 4.69) is 26.1 Å². The number of aldehydes is 1. The van der Waals surface area contributed by atoms with Gasteiger partial charge in [-0.1, -0.05) is 23.7 Å². The number of benzene rings is 1. The van der Waals surface area contributed by atoms with Crippen LogP contribution in [0, 0.1) is 11.7 Å². The number of likely N-dealkylation sites (tertiary alicyclic amines) is 1. The molecule has 4 rings (SSSR count). The molecule has 0 radical (unpaired) electrons. The first-order chi connectivity index (χ1) is 16.8. The van der Waals surface area contributed by atoms with Crippen LogP contribution in [0.3, 0.4) is 0 Å². The molecule has 3 heterocycles. The number of ether oxygens (including phenoxy) is 1. The van der Waals surface area contributed by atoms with E-state index in [1.54, 1.807) is 4.90 Å². The van der Waals surface area contributed by atoms with E-state index in [4.69, 9.17) is 16.3 Å². The zero-order valence-electron chi connectivity index (χ0n) is 20.0. The van der Waals surface area contributed by atoms with Gasteiger partial charge in [0.25, 0.3) is 5.91 Å². The lowest BCUT2D eigenvalue weighted by molar-refractivity contribution is -0.112. The molecule has 2 aromatic heterocycles. The number of hydrogen-bond donors (Lipinski definition) is 1. The molecule has 0 spiro atoms. The third-order valence-corrected chi connectivity index (χ3v) is 5.77. The fourth-order valence-corrected chi connectivity index (χ4v) is 3.92. The quantitative estimate of drug-likeness (QED) is 0.512. The van der Waals surface area contributed by atoms with Gasteiger partial charge in [0.1, 0.15) is 12.0 Å². The molecule has 1 aliphatic heterocycles. The number of piperidine rings is 1. The van der Waals surface area contributed by atoms with Crippen molar-refractivity contribution in [3.63, 3.8) is 0 Å². The van der Waals surface area contributed by atoms with Crippen molar-refractivity contribution in [2.75, 3.05) is 34.3 Å². The molecule has 35 heavy (non-hydrogen) atoms. The summed E-state index contributed by atoms with van der Waals surface area (Å²) in [6.07, 6.45) is 3.31. The van der Waals surface area contributed by atoms with Crippen molar-refractivity contribution < 1.29 is 18.7 Å². The minimum Gasteiger partial charge on any atom is -0.481 e. The monoisotopic (exact) mass is 501 g/mol. The van der Waals surface area contributed by atoms with Crippen molar-refractivity contribution >= 4 is 23.8 Å². The summed E-state index contributed by atoms with van der Waals surface area (Å²) in [6, 6.07) is 10.9. The van der Waals surface area contributed by atoms with Crippen LogP contribution in [0.15, 0.2) is 42.6 Å². The number of methoxy groups -OCH3 is 1. The first kappa shape index (κ1) is 26.3. The number of amides is 1. The zero-order chi connectivity index (χ0) is 25.4. The smallest absolute Gasteiger partial charge is 0.271 e. The summed E-state index contributed by atoms with van der Waals surface area (Å²) in [6.45, 7) is 1.99. The molecule has 0 unspecified atom stereocenters. The Kier molecular flexibility index (Phi) is 9.33. The van der Waals surface area contributed by atoms with Crippen LogP contribution in [0.25, 0.3) is 11.3 Å². The highest BCUT2D eigenvalue weighted by Gasteiger charge is 2.25. The third kappa shape index (κ3) is 7.34. The van der Waals surface area contributed by atoms with Crippen molar-refractivity contribution in [3.8, 4) is 17.1 Å². The van der Waals surface area contributed by atoms with Crippen molar-refractivity contribution in [2.24, 2.45) is 5.92 Å². The summed E-state index contributed by atoms with van der Waals surface area (Å²) < 4.78 is 18.9. The van der Waals surface area contributed by atoms with Crippen LogP contribution in [0.1, 0.15) is 28.9 Å². The second-order valence-electron chi connectivity index (χ2n) is 8.51. The van der Waals surface area contributed by atoms with Gasteiger partial charge < -0.3 is 19.3 Å². The summed E-state index contributed by atoms with van der Waals surface area (Å²) >= 11 is 5.81. The van der Waals surface area contributed by atoms with E-state index in [9.17, 15) is 14.0 Å². The van der Waals surface area contributed by atoms with Crippen LogP contribution >= 0.6 is 11.6 Å². The molecule has 8 nitrogen and oxygen atoms in total. The average molecular weight is 502 g/mol. The molecule has 3 aromatic rings. The van der Waals surface area contributed by atoms with E-state index < -0.39 is 5.82 Å². The molecule has 10 heteroatoms. The lowest BCUT2D eigenvalue weighted by Crippen LogP contribution is -2.38. The summed E-state index contributed by atoms with van der Waals surface area (Å²) in [4.78, 5) is 30.8. The molecular formula is C25H29ClFN5O3. The first-order valence-electron chi connectivity index (χ1n) is 11.2. The predicted molar refractivity (Wildman–Crippen MR) is 132 cm³/mol. The predicted octanol–water partition coefficient (Wildman–Crippen LogP) is 4.07. The molecule has 1 amide bonds. The molecule has 1 saturated heterocycles. The Labute approximate surface area is 209 Å². The molecule has 0 atom stereocenters. The minimum absolute atomic E-state index is 0.0183. The number of hydrogen-bond acceptors (Lipinski definition) is 6. The Morgan fingerprint density at radius 2 is 2.03 bits per heavy atom. The minimum atomic E-state index is -0.548. The maximum Gasteiger partial charge on any atom is 0.271 e. The van der Waals surface area contributed by atoms with Crippen LogP contribution in [0.2, 0.25) is 5.02 Å². The molecule has 186 valence electrons. The fourth-order valence-electron chi connectivity index (χ4n) is 3.71. The number of H-pyrrole nitrogens is 1. The average Bonchev–Trinajstić information content (AvgIpc) is 3.34. The number of nitrogens with one attached hydrogen (secondary N) is 1. The van der Waals surface area contributed by atoms with Gasteiger partial charge in [-0.05, 0) is 50.7 Å². The van der Waals surface area contributed by atoms with E-state index in [0.29, 0.717) is 31.6 Å². The van der Waals surface area contributed by atoms with Gasteiger partial charge in [-0.2, -0.15) is 5.10 Å². The number of pyridine rings is 1. The summed E-state index contributed by atoms with van der Waals surface area (Å²) in [5, 5.41) is 7.48. The third-order valence-electron chi connectivity index (χ3n) is 5.53. The maximum atomic E-state index is 13.9. The summed E-state index contributed by atoms with van der Waals surface area (Å²) in [5.74, 6) is -0.476. The first-order valence-corrected chi connectivity index (χ1v) is 11.6. The second-order valence-corrected chi connectivity index (χ2v) is 8.94.